The van der Waals surface area contributed by atoms with Crippen molar-refractivity contribution in [3.05, 3.63) is 30.2 Å². The van der Waals surface area contributed by atoms with Gasteiger partial charge in [-0.15, -0.1) is 0 Å². The predicted molar refractivity (Wildman–Crippen MR) is 57.6 cm³/mol. The van der Waals surface area contributed by atoms with Gasteiger partial charge in [-0.05, 0) is 12.1 Å². The summed E-state index contributed by atoms with van der Waals surface area (Å²) in [5, 5.41) is 3.70. The molecule has 1 heterocycles. The van der Waals surface area contributed by atoms with E-state index >= 15 is 0 Å². The minimum atomic E-state index is -0.668. The van der Waals surface area contributed by atoms with Crippen LogP contribution in [0.15, 0.2) is 28.8 Å². The molecule has 0 aliphatic rings. The number of carbonyl (C=O) groups is 1. The number of benzene rings is 1. The fourth-order valence-electron chi connectivity index (χ4n) is 1.33. The first-order chi connectivity index (χ1) is 8.26. The van der Waals surface area contributed by atoms with Crippen molar-refractivity contribution in [2.75, 3.05) is 14.2 Å². The van der Waals surface area contributed by atoms with Crippen LogP contribution < -0.4 is 4.74 Å². The topological polar surface area (TPSA) is 74.5 Å². The molecule has 0 unspecified atom stereocenters. The summed E-state index contributed by atoms with van der Waals surface area (Å²) in [4.78, 5) is 15.1. The third kappa shape index (κ3) is 2.10. The van der Waals surface area contributed by atoms with Crippen LogP contribution in [-0.2, 0) is 4.74 Å². The van der Waals surface area contributed by atoms with E-state index in [0.29, 0.717) is 11.3 Å². The Morgan fingerprint density at radius 1 is 1.29 bits per heavy atom. The Bertz CT molecular complexity index is 536. The normalized spacial score (nSPS) is 10.0. The van der Waals surface area contributed by atoms with Crippen molar-refractivity contribution in [2.24, 2.45) is 0 Å². The molecule has 0 atom stereocenters. The molecular formula is C11H10N2O4. The van der Waals surface area contributed by atoms with Crippen molar-refractivity contribution in [3.8, 4) is 17.1 Å². The summed E-state index contributed by atoms with van der Waals surface area (Å²) in [7, 11) is 2.79. The van der Waals surface area contributed by atoms with E-state index in [1.165, 1.54) is 7.11 Å². The molecule has 1 aromatic heterocycles. The van der Waals surface area contributed by atoms with Crippen LogP contribution in [0.3, 0.4) is 0 Å². The number of hydrogen-bond donors (Lipinski definition) is 0. The van der Waals surface area contributed by atoms with Crippen LogP contribution >= 0.6 is 0 Å². The van der Waals surface area contributed by atoms with Crippen molar-refractivity contribution in [2.45, 2.75) is 0 Å². The van der Waals surface area contributed by atoms with E-state index in [-0.39, 0.29) is 11.7 Å². The molecule has 0 amide bonds. The number of methoxy groups -OCH3 is 2. The Hall–Kier alpha value is -2.37. The number of ether oxygens (including phenoxy) is 2. The molecule has 0 bridgehead atoms. The number of carbonyl (C=O) groups excluding carboxylic acids is 1. The van der Waals surface area contributed by atoms with E-state index in [2.05, 4.69) is 14.9 Å². The second-order valence-electron chi connectivity index (χ2n) is 3.12. The summed E-state index contributed by atoms with van der Waals surface area (Å²) >= 11 is 0. The number of rotatable bonds is 3. The Labute approximate surface area is 97.2 Å². The third-order valence-electron chi connectivity index (χ3n) is 2.13. The van der Waals surface area contributed by atoms with Crippen LogP contribution in [0, 0.1) is 0 Å². The number of aromatic nitrogens is 2. The fraction of sp³-hybridized carbons (Fsp3) is 0.182. The highest BCUT2D eigenvalue weighted by atomic mass is 16.6. The van der Waals surface area contributed by atoms with Gasteiger partial charge in [-0.25, -0.2) is 4.79 Å². The molecule has 6 heteroatoms. The smallest absolute Gasteiger partial charge is 0.397 e. The summed E-state index contributed by atoms with van der Waals surface area (Å²) in [6, 6.07) is 7.17. The summed E-state index contributed by atoms with van der Waals surface area (Å²) in [5.41, 5.74) is 0.647. The van der Waals surface area contributed by atoms with Crippen LogP contribution in [0.4, 0.5) is 0 Å². The lowest BCUT2D eigenvalue weighted by molar-refractivity contribution is 0.0545. The maximum Gasteiger partial charge on any atom is 0.397 e. The van der Waals surface area contributed by atoms with Crippen LogP contribution in [0.1, 0.15) is 10.7 Å². The van der Waals surface area contributed by atoms with Crippen molar-refractivity contribution in [3.63, 3.8) is 0 Å². The van der Waals surface area contributed by atoms with E-state index in [1.54, 1.807) is 19.2 Å². The average molecular weight is 234 g/mol. The molecule has 0 saturated heterocycles. The van der Waals surface area contributed by atoms with E-state index in [0.717, 1.165) is 0 Å². The lowest BCUT2D eigenvalue weighted by atomic mass is 10.2. The van der Waals surface area contributed by atoms with Crippen LogP contribution in [0.25, 0.3) is 11.4 Å². The highest BCUT2D eigenvalue weighted by Gasteiger charge is 2.18. The zero-order valence-electron chi connectivity index (χ0n) is 9.34. The summed E-state index contributed by atoms with van der Waals surface area (Å²) in [6.07, 6.45) is 0. The molecule has 0 aliphatic carbocycles. The van der Waals surface area contributed by atoms with Gasteiger partial charge in [0.25, 0.3) is 0 Å². The Balaban J connectivity index is 2.40. The third-order valence-corrected chi connectivity index (χ3v) is 2.13. The molecule has 2 aromatic rings. The molecule has 0 fully saturated rings. The van der Waals surface area contributed by atoms with E-state index in [4.69, 9.17) is 9.26 Å². The lowest BCUT2D eigenvalue weighted by Crippen LogP contribution is -2.01. The first-order valence-electron chi connectivity index (χ1n) is 4.81. The standard InChI is InChI=1S/C11H10N2O4/c1-15-8-6-4-3-5-7(8)9-12-10(17-13-9)11(14)16-2/h3-6H,1-2H3. The largest absolute Gasteiger partial charge is 0.496 e. The summed E-state index contributed by atoms with van der Waals surface area (Å²) < 4.78 is 14.4. The van der Waals surface area contributed by atoms with Crippen LogP contribution in [0.2, 0.25) is 0 Å². The van der Waals surface area contributed by atoms with Gasteiger partial charge in [0.15, 0.2) is 0 Å². The molecule has 0 aliphatic heterocycles. The molecule has 17 heavy (non-hydrogen) atoms. The highest BCUT2D eigenvalue weighted by molar-refractivity contribution is 5.84. The van der Waals surface area contributed by atoms with Gasteiger partial charge in [-0.3, -0.25) is 0 Å². The monoisotopic (exact) mass is 234 g/mol. The van der Waals surface area contributed by atoms with Gasteiger partial charge in [0, 0.05) is 0 Å². The Morgan fingerprint density at radius 2 is 2.06 bits per heavy atom. The molecule has 0 saturated carbocycles. The maximum absolute atomic E-state index is 11.2. The lowest BCUT2D eigenvalue weighted by Gasteiger charge is -2.02. The van der Waals surface area contributed by atoms with Gasteiger partial charge in [0.1, 0.15) is 5.75 Å². The van der Waals surface area contributed by atoms with Crippen LogP contribution in [-0.4, -0.2) is 30.3 Å². The molecule has 1 aromatic carbocycles. The van der Waals surface area contributed by atoms with Gasteiger partial charge in [0.05, 0.1) is 19.8 Å². The quantitative estimate of drug-likeness (QED) is 0.750. The molecule has 2 rings (SSSR count). The van der Waals surface area contributed by atoms with Crippen molar-refractivity contribution < 1.29 is 18.8 Å². The van der Waals surface area contributed by atoms with Gasteiger partial charge in [0.2, 0.25) is 5.82 Å². The van der Waals surface area contributed by atoms with Gasteiger partial charge in [-0.1, -0.05) is 17.3 Å². The Morgan fingerprint density at radius 3 is 2.76 bits per heavy atom. The zero-order chi connectivity index (χ0) is 12.3. The number of para-hydroxylation sites is 1. The van der Waals surface area contributed by atoms with Crippen molar-refractivity contribution in [1.29, 1.82) is 0 Å². The van der Waals surface area contributed by atoms with Gasteiger partial charge >= 0.3 is 11.9 Å². The summed E-state index contributed by atoms with van der Waals surface area (Å²) in [5.74, 6) is 0.0274. The molecule has 6 nitrogen and oxygen atoms in total. The first kappa shape index (κ1) is 11.1. The predicted octanol–water partition coefficient (Wildman–Crippen LogP) is 1.53. The second kappa shape index (κ2) is 4.65. The number of hydrogen-bond acceptors (Lipinski definition) is 6. The van der Waals surface area contributed by atoms with Crippen molar-refractivity contribution in [1.82, 2.24) is 10.1 Å². The van der Waals surface area contributed by atoms with Crippen molar-refractivity contribution >= 4 is 5.97 Å². The first-order valence-corrected chi connectivity index (χ1v) is 4.81. The van der Waals surface area contributed by atoms with E-state index in [9.17, 15) is 4.79 Å². The molecule has 0 N–H and O–H groups in total. The highest BCUT2D eigenvalue weighted by Crippen LogP contribution is 2.26. The van der Waals surface area contributed by atoms with Crippen LogP contribution in [0.5, 0.6) is 5.75 Å². The SMILES string of the molecule is COC(=O)c1nc(-c2ccccc2OC)no1. The van der Waals surface area contributed by atoms with E-state index < -0.39 is 5.97 Å². The van der Waals surface area contributed by atoms with Gasteiger partial charge < -0.3 is 14.0 Å². The minimum absolute atomic E-state index is 0.187. The fourth-order valence-corrected chi connectivity index (χ4v) is 1.33. The molecule has 0 spiro atoms. The maximum atomic E-state index is 11.2. The van der Waals surface area contributed by atoms with E-state index in [1.807, 2.05) is 12.1 Å². The second-order valence-corrected chi connectivity index (χ2v) is 3.12. The van der Waals surface area contributed by atoms with Gasteiger partial charge in [-0.2, -0.15) is 4.98 Å². The zero-order valence-corrected chi connectivity index (χ0v) is 9.34. The summed E-state index contributed by atoms with van der Waals surface area (Å²) in [6.45, 7) is 0. The minimum Gasteiger partial charge on any atom is -0.496 e. The Kier molecular flexibility index (Phi) is 3.04. The molecule has 0 radical (unpaired) electrons. The molecular weight excluding hydrogens is 224 g/mol. The number of nitrogens with zero attached hydrogens (tertiary/aromatic N) is 2. The molecule has 88 valence electrons. The number of esters is 1. The average Bonchev–Trinajstić information content (AvgIpc) is 2.87.